The highest BCUT2D eigenvalue weighted by molar-refractivity contribution is 7.86. The third-order valence-corrected chi connectivity index (χ3v) is 6.25. The van der Waals surface area contributed by atoms with Crippen molar-refractivity contribution in [3.8, 4) is 5.75 Å². The van der Waals surface area contributed by atoms with Crippen LogP contribution in [-0.2, 0) is 14.3 Å². The lowest BCUT2D eigenvalue weighted by Crippen LogP contribution is -2.39. The molecule has 0 saturated carbocycles. The van der Waals surface area contributed by atoms with Gasteiger partial charge in [-0.05, 0) is 55.8 Å². The van der Waals surface area contributed by atoms with Crippen LogP contribution in [-0.4, -0.2) is 47.2 Å². The first-order valence-corrected chi connectivity index (χ1v) is 10.2. The van der Waals surface area contributed by atoms with Crippen molar-refractivity contribution in [2.45, 2.75) is 17.2 Å². The van der Waals surface area contributed by atoms with Gasteiger partial charge in [-0.25, -0.2) is 0 Å². The molecule has 0 amide bonds. The number of ether oxygens (including phenoxy) is 1. The van der Waals surface area contributed by atoms with Crippen molar-refractivity contribution in [2.24, 2.45) is 5.92 Å². The second kappa shape index (κ2) is 8.20. The molecule has 0 N–H and O–H groups in total. The number of methoxy groups -OCH3 is 1. The zero-order valence-corrected chi connectivity index (χ0v) is 16.0. The normalized spacial score (nSPS) is 21.5. The summed E-state index contributed by atoms with van der Waals surface area (Å²) in [6.07, 6.45) is 0.974. The predicted octanol–water partition coefficient (Wildman–Crippen LogP) is 3.14. The van der Waals surface area contributed by atoms with E-state index in [4.69, 9.17) is 8.92 Å². The average Bonchev–Trinajstić information content (AvgIpc) is 2.67. The van der Waals surface area contributed by atoms with Gasteiger partial charge in [0, 0.05) is 12.5 Å². The summed E-state index contributed by atoms with van der Waals surface area (Å²) in [6, 6.07) is 16.3. The van der Waals surface area contributed by atoms with Gasteiger partial charge in [-0.2, -0.15) is 8.42 Å². The van der Waals surface area contributed by atoms with E-state index in [0.29, 0.717) is 0 Å². The standard InChI is InChI=1S/C20H25NO4S/c1-21-13-12-20(16-8-10-18(24-2)11-9-16)17(14-21)15-25-26(22,23)19-6-4-3-5-7-19/h3-11,17,20H,12-15H2,1-2H3/t17-,20-/m0/s1. The summed E-state index contributed by atoms with van der Waals surface area (Å²) in [5.41, 5.74) is 1.20. The van der Waals surface area contributed by atoms with Crippen molar-refractivity contribution in [3.05, 3.63) is 60.2 Å². The molecular weight excluding hydrogens is 350 g/mol. The topological polar surface area (TPSA) is 55.8 Å². The summed E-state index contributed by atoms with van der Waals surface area (Å²) in [6.45, 7) is 1.97. The first-order chi connectivity index (χ1) is 12.5. The van der Waals surface area contributed by atoms with Gasteiger partial charge in [0.1, 0.15) is 5.75 Å². The van der Waals surface area contributed by atoms with E-state index in [1.54, 1.807) is 37.4 Å². The zero-order chi connectivity index (χ0) is 18.6. The Bertz CT molecular complexity index is 805. The van der Waals surface area contributed by atoms with E-state index < -0.39 is 10.1 Å². The summed E-state index contributed by atoms with van der Waals surface area (Å²) in [5.74, 6) is 1.20. The maximum Gasteiger partial charge on any atom is 0.296 e. The van der Waals surface area contributed by atoms with Crippen LogP contribution in [0.15, 0.2) is 59.5 Å². The third-order valence-electron chi connectivity index (χ3n) is 4.95. The fourth-order valence-corrected chi connectivity index (χ4v) is 4.49. The lowest BCUT2D eigenvalue weighted by molar-refractivity contribution is 0.132. The van der Waals surface area contributed by atoms with Crippen LogP contribution in [0.5, 0.6) is 5.75 Å². The van der Waals surface area contributed by atoms with Crippen molar-refractivity contribution in [2.75, 3.05) is 33.9 Å². The van der Waals surface area contributed by atoms with Crippen LogP contribution in [0.1, 0.15) is 17.9 Å². The van der Waals surface area contributed by atoms with Gasteiger partial charge >= 0.3 is 0 Å². The van der Waals surface area contributed by atoms with Gasteiger partial charge in [-0.3, -0.25) is 4.18 Å². The first kappa shape index (κ1) is 18.9. The van der Waals surface area contributed by atoms with E-state index in [2.05, 4.69) is 24.1 Å². The summed E-state index contributed by atoms with van der Waals surface area (Å²) in [4.78, 5) is 2.42. The fourth-order valence-electron chi connectivity index (χ4n) is 3.51. The van der Waals surface area contributed by atoms with Crippen molar-refractivity contribution >= 4 is 10.1 Å². The van der Waals surface area contributed by atoms with E-state index >= 15 is 0 Å². The molecule has 0 aliphatic carbocycles. The van der Waals surface area contributed by atoms with E-state index in [0.717, 1.165) is 25.3 Å². The number of likely N-dealkylation sites (tertiary alicyclic amines) is 1. The smallest absolute Gasteiger partial charge is 0.296 e. The predicted molar refractivity (Wildman–Crippen MR) is 101 cm³/mol. The van der Waals surface area contributed by atoms with Gasteiger partial charge in [-0.1, -0.05) is 30.3 Å². The van der Waals surface area contributed by atoms with Crippen LogP contribution in [0.4, 0.5) is 0 Å². The summed E-state index contributed by atoms with van der Waals surface area (Å²) in [5, 5.41) is 0. The molecule has 1 saturated heterocycles. The minimum atomic E-state index is -3.73. The maximum absolute atomic E-state index is 12.4. The molecule has 1 fully saturated rings. The van der Waals surface area contributed by atoms with Crippen molar-refractivity contribution in [1.29, 1.82) is 0 Å². The minimum absolute atomic E-state index is 0.112. The Hall–Kier alpha value is -1.89. The van der Waals surface area contributed by atoms with E-state index in [1.165, 1.54) is 5.56 Å². The molecule has 2 aromatic carbocycles. The molecular formula is C20H25NO4S. The Morgan fingerprint density at radius 2 is 1.77 bits per heavy atom. The Kier molecular flexibility index (Phi) is 5.96. The molecule has 26 heavy (non-hydrogen) atoms. The molecule has 1 aliphatic rings. The molecule has 0 bridgehead atoms. The summed E-state index contributed by atoms with van der Waals surface area (Å²) < 4.78 is 35.5. The Morgan fingerprint density at radius 3 is 2.42 bits per heavy atom. The lowest BCUT2D eigenvalue weighted by atomic mass is 9.81. The quantitative estimate of drug-likeness (QED) is 0.726. The molecule has 3 rings (SSSR count). The van der Waals surface area contributed by atoms with Crippen LogP contribution in [0.2, 0.25) is 0 Å². The monoisotopic (exact) mass is 375 g/mol. The van der Waals surface area contributed by atoms with Gasteiger partial charge in [0.25, 0.3) is 10.1 Å². The number of piperidine rings is 1. The molecule has 1 aliphatic heterocycles. The fraction of sp³-hybridized carbons (Fsp3) is 0.400. The highest BCUT2D eigenvalue weighted by Gasteiger charge is 2.31. The maximum atomic E-state index is 12.4. The largest absolute Gasteiger partial charge is 0.497 e. The van der Waals surface area contributed by atoms with Crippen LogP contribution in [0.3, 0.4) is 0 Å². The lowest BCUT2D eigenvalue weighted by Gasteiger charge is -2.36. The molecule has 2 aromatic rings. The van der Waals surface area contributed by atoms with Crippen molar-refractivity contribution < 1.29 is 17.3 Å². The molecule has 2 atom stereocenters. The summed E-state index contributed by atoms with van der Waals surface area (Å²) >= 11 is 0. The SMILES string of the molecule is COc1ccc([C@@H]2CCN(C)C[C@H]2COS(=O)(=O)c2ccccc2)cc1. The number of hydrogen-bond acceptors (Lipinski definition) is 5. The molecule has 1 heterocycles. The Balaban J connectivity index is 1.74. The van der Waals surface area contributed by atoms with Crippen LogP contribution >= 0.6 is 0 Å². The van der Waals surface area contributed by atoms with Crippen molar-refractivity contribution in [3.63, 3.8) is 0 Å². The minimum Gasteiger partial charge on any atom is -0.497 e. The van der Waals surface area contributed by atoms with Gasteiger partial charge in [0.2, 0.25) is 0 Å². The van der Waals surface area contributed by atoms with Gasteiger partial charge in [-0.15, -0.1) is 0 Å². The Labute approximate surface area is 155 Å². The van der Waals surface area contributed by atoms with Crippen LogP contribution in [0, 0.1) is 5.92 Å². The second-order valence-corrected chi connectivity index (χ2v) is 8.36. The number of benzene rings is 2. The number of rotatable bonds is 6. The van der Waals surface area contributed by atoms with Gasteiger partial charge < -0.3 is 9.64 Å². The highest BCUT2D eigenvalue weighted by Crippen LogP contribution is 2.34. The zero-order valence-electron chi connectivity index (χ0n) is 15.2. The highest BCUT2D eigenvalue weighted by atomic mass is 32.2. The number of hydrogen-bond donors (Lipinski definition) is 0. The van der Waals surface area contributed by atoms with Crippen molar-refractivity contribution in [1.82, 2.24) is 4.90 Å². The van der Waals surface area contributed by atoms with Gasteiger partial charge in [0.05, 0.1) is 18.6 Å². The van der Waals surface area contributed by atoms with E-state index in [9.17, 15) is 8.42 Å². The second-order valence-electron chi connectivity index (χ2n) is 6.74. The van der Waals surface area contributed by atoms with E-state index in [1.807, 2.05) is 12.1 Å². The van der Waals surface area contributed by atoms with Crippen LogP contribution in [0.25, 0.3) is 0 Å². The van der Waals surface area contributed by atoms with Gasteiger partial charge in [0.15, 0.2) is 0 Å². The first-order valence-electron chi connectivity index (χ1n) is 8.76. The summed E-state index contributed by atoms with van der Waals surface area (Å²) in [7, 11) is -0.0250. The average molecular weight is 375 g/mol. The molecule has 0 spiro atoms. The molecule has 0 radical (unpaired) electrons. The molecule has 0 aromatic heterocycles. The Morgan fingerprint density at radius 1 is 1.08 bits per heavy atom. The number of nitrogens with zero attached hydrogens (tertiary/aromatic N) is 1. The van der Waals surface area contributed by atoms with E-state index in [-0.39, 0.29) is 23.3 Å². The third kappa shape index (κ3) is 4.44. The molecule has 6 heteroatoms. The molecule has 0 unspecified atom stereocenters. The van der Waals surface area contributed by atoms with Crippen LogP contribution < -0.4 is 4.74 Å². The molecule has 5 nitrogen and oxygen atoms in total. The molecule has 140 valence electrons.